The highest BCUT2D eigenvalue weighted by Gasteiger charge is 2.24. The molecule has 0 aliphatic rings. The molecule has 0 radical (unpaired) electrons. The Bertz CT molecular complexity index is 219. The van der Waals surface area contributed by atoms with E-state index in [1.165, 1.54) is 7.05 Å². The molecule has 0 aromatic heterocycles. The van der Waals surface area contributed by atoms with Crippen LogP contribution in [0.4, 0.5) is 0 Å². The predicted molar refractivity (Wildman–Crippen MR) is 50.6 cm³/mol. The van der Waals surface area contributed by atoms with Crippen molar-refractivity contribution in [1.29, 1.82) is 0 Å². The lowest BCUT2D eigenvalue weighted by Crippen LogP contribution is -2.43. The highest BCUT2D eigenvalue weighted by molar-refractivity contribution is 6.32. The average molecular weight is 203 g/mol. The lowest BCUT2D eigenvalue weighted by atomic mass is 10.1. The highest BCUT2D eigenvalue weighted by Crippen LogP contribution is 2.03. The fourth-order valence-electron chi connectivity index (χ4n) is 1.00. The van der Waals surface area contributed by atoms with Gasteiger partial charge in [-0.3, -0.25) is 4.79 Å². The Morgan fingerprint density at radius 1 is 1.43 bits per heavy atom. The van der Waals surface area contributed by atoms with E-state index in [1.54, 1.807) is 20.8 Å². The standard InChI is InChI=1S/C9H17NO4/c1-5-14-8(12)7(11)10(4)6-9(2,3)13/h13H,5-6H2,1-4H3. The van der Waals surface area contributed by atoms with E-state index in [-0.39, 0.29) is 13.2 Å². The second-order valence-electron chi connectivity index (χ2n) is 3.69. The summed E-state index contributed by atoms with van der Waals surface area (Å²) in [4.78, 5) is 23.4. The lowest BCUT2D eigenvalue weighted by molar-refractivity contribution is -0.160. The van der Waals surface area contributed by atoms with Crippen LogP contribution in [0.5, 0.6) is 0 Å². The van der Waals surface area contributed by atoms with Gasteiger partial charge in [-0.2, -0.15) is 0 Å². The third-order valence-corrected chi connectivity index (χ3v) is 1.42. The number of hydrogen-bond donors (Lipinski definition) is 1. The number of carbonyl (C=O) groups excluding carboxylic acids is 2. The first-order chi connectivity index (χ1) is 6.28. The Hall–Kier alpha value is -1.10. The van der Waals surface area contributed by atoms with Crippen molar-refractivity contribution < 1.29 is 19.4 Å². The molecule has 0 aliphatic heterocycles. The minimum absolute atomic E-state index is 0.0879. The van der Waals surface area contributed by atoms with Crippen LogP contribution < -0.4 is 0 Å². The molecule has 0 aliphatic carbocycles. The van der Waals surface area contributed by atoms with Crippen LogP contribution in [0.25, 0.3) is 0 Å². The maximum Gasteiger partial charge on any atom is 0.397 e. The molecule has 1 N–H and O–H groups in total. The Balaban J connectivity index is 4.19. The van der Waals surface area contributed by atoms with Crippen molar-refractivity contribution in [1.82, 2.24) is 4.90 Å². The summed E-state index contributed by atoms with van der Waals surface area (Å²) in [7, 11) is 1.44. The number of nitrogens with zero attached hydrogens (tertiary/aromatic N) is 1. The second-order valence-corrected chi connectivity index (χ2v) is 3.69. The summed E-state index contributed by atoms with van der Waals surface area (Å²) in [6.45, 7) is 5.00. The fraction of sp³-hybridized carbons (Fsp3) is 0.778. The van der Waals surface area contributed by atoms with Gasteiger partial charge in [0, 0.05) is 13.6 Å². The van der Waals surface area contributed by atoms with Crippen molar-refractivity contribution in [3.05, 3.63) is 0 Å². The van der Waals surface area contributed by atoms with Gasteiger partial charge in [0.2, 0.25) is 0 Å². The molecule has 0 unspecified atom stereocenters. The molecule has 5 nitrogen and oxygen atoms in total. The highest BCUT2D eigenvalue weighted by atomic mass is 16.5. The summed E-state index contributed by atoms with van der Waals surface area (Å²) in [5, 5.41) is 9.40. The Morgan fingerprint density at radius 2 is 1.93 bits per heavy atom. The maximum atomic E-state index is 11.3. The van der Waals surface area contributed by atoms with Gasteiger partial charge >= 0.3 is 11.9 Å². The number of ether oxygens (including phenoxy) is 1. The van der Waals surface area contributed by atoms with Gasteiger partial charge < -0.3 is 14.7 Å². The van der Waals surface area contributed by atoms with Gasteiger partial charge in [-0.05, 0) is 20.8 Å². The summed E-state index contributed by atoms with van der Waals surface area (Å²) in [6, 6.07) is 0. The van der Waals surface area contributed by atoms with Crippen LogP contribution in [0.1, 0.15) is 20.8 Å². The smallest absolute Gasteiger partial charge is 0.397 e. The number of hydrogen-bond acceptors (Lipinski definition) is 4. The molecule has 0 atom stereocenters. The first-order valence-electron chi connectivity index (χ1n) is 4.42. The van der Waals surface area contributed by atoms with Gasteiger partial charge in [0.05, 0.1) is 12.2 Å². The van der Waals surface area contributed by atoms with E-state index in [0.717, 1.165) is 4.90 Å². The van der Waals surface area contributed by atoms with Gasteiger partial charge in [-0.25, -0.2) is 4.79 Å². The predicted octanol–water partition coefficient (Wildman–Crippen LogP) is -0.221. The summed E-state index contributed by atoms with van der Waals surface area (Å²) in [6.07, 6.45) is 0. The zero-order chi connectivity index (χ0) is 11.4. The molecule has 0 aromatic rings. The largest absolute Gasteiger partial charge is 0.459 e. The summed E-state index contributed by atoms with van der Waals surface area (Å²) >= 11 is 0. The molecule has 14 heavy (non-hydrogen) atoms. The molecule has 0 heterocycles. The normalized spacial score (nSPS) is 10.9. The van der Waals surface area contributed by atoms with E-state index >= 15 is 0 Å². The number of aliphatic hydroxyl groups is 1. The van der Waals surface area contributed by atoms with Crippen LogP contribution in [-0.4, -0.2) is 47.7 Å². The van der Waals surface area contributed by atoms with Gasteiger partial charge in [0.1, 0.15) is 0 Å². The number of likely N-dealkylation sites (N-methyl/N-ethyl adjacent to an activating group) is 1. The molecule has 0 rings (SSSR count). The molecule has 0 bridgehead atoms. The average Bonchev–Trinajstić information content (AvgIpc) is 2.00. The quantitative estimate of drug-likeness (QED) is 0.508. The van der Waals surface area contributed by atoms with Crippen LogP contribution >= 0.6 is 0 Å². The first-order valence-corrected chi connectivity index (χ1v) is 4.42. The van der Waals surface area contributed by atoms with Gasteiger partial charge in [0.25, 0.3) is 0 Å². The number of esters is 1. The third kappa shape index (κ3) is 4.81. The van der Waals surface area contributed by atoms with Gasteiger partial charge in [-0.15, -0.1) is 0 Å². The summed E-state index contributed by atoms with van der Waals surface area (Å²) in [5.41, 5.74) is -1.02. The minimum Gasteiger partial charge on any atom is -0.459 e. The third-order valence-electron chi connectivity index (χ3n) is 1.42. The van der Waals surface area contributed by atoms with Crippen molar-refractivity contribution >= 4 is 11.9 Å². The van der Waals surface area contributed by atoms with E-state index in [1.807, 2.05) is 0 Å². The molecule has 5 heteroatoms. The second kappa shape index (κ2) is 4.95. The van der Waals surface area contributed by atoms with E-state index < -0.39 is 17.5 Å². The topological polar surface area (TPSA) is 66.8 Å². The van der Waals surface area contributed by atoms with Crippen molar-refractivity contribution in [3.63, 3.8) is 0 Å². The van der Waals surface area contributed by atoms with E-state index in [0.29, 0.717) is 0 Å². The van der Waals surface area contributed by atoms with Crippen LogP contribution in [0.15, 0.2) is 0 Å². The van der Waals surface area contributed by atoms with Crippen molar-refractivity contribution in [2.45, 2.75) is 26.4 Å². The van der Waals surface area contributed by atoms with Crippen molar-refractivity contribution in [2.24, 2.45) is 0 Å². The zero-order valence-electron chi connectivity index (χ0n) is 9.03. The van der Waals surface area contributed by atoms with E-state index in [2.05, 4.69) is 4.74 Å². The number of amides is 1. The molecule has 0 spiro atoms. The van der Waals surface area contributed by atoms with E-state index in [4.69, 9.17) is 0 Å². The molecule has 82 valence electrons. The Kier molecular flexibility index (Phi) is 4.56. The summed E-state index contributed by atoms with van der Waals surface area (Å²) < 4.78 is 4.53. The molecular weight excluding hydrogens is 186 g/mol. The molecular formula is C9H17NO4. The Labute approximate surface area is 83.6 Å². The van der Waals surface area contributed by atoms with Gasteiger partial charge in [-0.1, -0.05) is 0 Å². The van der Waals surface area contributed by atoms with Crippen molar-refractivity contribution in [3.8, 4) is 0 Å². The molecule has 0 saturated heterocycles. The fourth-order valence-corrected chi connectivity index (χ4v) is 1.00. The number of rotatable bonds is 3. The minimum atomic E-state index is -1.02. The molecule has 0 aromatic carbocycles. The lowest BCUT2D eigenvalue weighted by Gasteiger charge is -2.24. The van der Waals surface area contributed by atoms with Crippen LogP contribution in [0.2, 0.25) is 0 Å². The van der Waals surface area contributed by atoms with Crippen LogP contribution in [0, 0.1) is 0 Å². The maximum absolute atomic E-state index is 11.3. The van der Waals surface area contributed by atoms with E-state index in [9.17, 15) is 14.7 Å². The van der Waals surface area contributed by atoms with Crippen molar-refractivity contribution in [2.75, 3.05) is 20.2 Å². The monoisotopic (exact) mass is 203 g/mol. The molecule has 0 saturated carbocycles. The molecule has 0 fully saturated rings. The zero-order valence-corrected chi connectivity index (χ0v) is 9.03. The Morgan fingerprint density at radius 3 is 2.29 bits per heavy atom. The van der Waals surface area contributed by atoms with Crippen LogP contribution in [0.3, 0.4) is 0 Å². The molecule has 1 amide bonds. The first kappa shape index (κ1) is 12.9. The van der Waals surface area contributed by atoms with Gasteiger partial charge in [0.15, 0.2) is 0 Å². The number of carbonyl (C=O) groups is 2. The SMILES string of the molecule is CCOC(=O)C(=O)N(C)CC(C)(C)O. The van der Waals surface area contributed by atoms with Crippen LogP contribution in [-0.2, 0) is 14.3 Å². The summed E-state index contributed by atoms with van der Waals surface area (Å²) in [5.74, 6) is -1.63.